The summed E-state index contributed by atoms with van der Waals surface area (Å²) in [6, 6.07) is 37.5. The Balaban J connectivity index is 0.000000245. The molecule has 1 aliphatic heterocycles. The molecule has 0 aliphatic carbocycles. The van der Waals surface area contributed by atoms with Crippen LogP contribution in [0.4, 0.5) is 5.82 Å². The average molecular weight is 715 g/mol. The van der Waals surface area contributed by atoms with E-state index < -0.39 is 18.0 Å². The minimum atomic E-state index is -0.879. The molecule has 0 radical (unpaired) electrons. The summed E-state index contributed by atoms with van der Waals surface area (Å²) >= 11 is 0. The second kappa shape index (κ2) is 18.7. The van der Waals surface area contributed by atoms with Crippen LogP contribution < -0.4 is 10.6 Å². The molecule has 2 atom stereocenters. The van der Waals surface area contributed by atoms with Crippen LogP contribution in [0.5, 0.6) is 0 Å². The zero-order valence-electron chi connectivity index (χ0n) is 29.5. The van der Waals surface area contributed by atoms with Gasteiger partial charge in [0, 0.05) is 19.0 Å². The largest absolute Gasteiger partial charge is 0.478 e. The second-order valence-corrected chi connectivity index (χ2v) is 12.1. The molecule has 53 heavy (non-hydrogen) atoms. The van der Waals surface area contributed by atoms with E-state index in [9.17, 15) is 14.4 Å². The number of hydrogen-bond donors (Lipinski definition) is 4. The number of carboxylic acid groups (broad SMARTS) is 2. The molecular formula is C41H42N6O6. The number of likely N-dealkylation sites (N-methyl/N-ethyl adjacent to an activating group) is 1. The number of carbonyl (C=O) groups is 3. The van der Waals surface area contributed by atoms with Crippen molar-refractivity contribution in [1.82, 2.24) is 24.8 Å². The molecule has 2 aromatic heterocycles. The summed E-state index contributed by atoms with van der Waals surface area (Å²) in [4.78, 5) is 46.6. The fourth-order valence-electron chi connectivity index (χ4n) is 5.82. The Bertz CT molecular complexity index is 1990. The highest BCUT2D eigenvalue weighted by Gasteiger charge is 2.32. The van der Waals surface area contributed by atoms with Crippen LogP contribution in [0.1, 0.15) is 69.6 Å². The van der Waals surface area contributed by atoms with Crippen LogP contribution in [-0.4, -0.2) is 66.8 Å². The van der Waals surface area contributed by atoms with E-state index in [0.29, 0.717) is 53.4 Å². The van der Waals surface area contributed by atoms with E-state index in [1.54, 1.807) is 67.0 Å². The topological polar surface area (TPSA) is 169 Å². The van der Waals surface area contributed by atoms with Crippen LogP contribution in [-0.2, 0) is 9.53 Å². The van der Waals surface area contributed by atoms with Gasteiger partial charge in [-0.3, -0.25) is 9.36 Å². The lowest BCUT2D eigenvalue weighted by Crippen LogP contribution is -2.34. The monoisotopic (exact) mass is 714 g/mol. The maximum absolute atomic E-state index is 12.2. The van der Waals surface area contributed by atoms with Gasteiger partial charge in [0.15, 0.2) is 17.0 Å². The van der Waals surface area contributed by atoms with Crippen LogP contribution in [0.3, 0.4) is 0 Å². The number of nitrogens with one attached hydrogen (secondary N) is 2. The van der Waals surface area contributed by atoms with Gasteiger partial charge in [0.05, 0.1) is 17.5 Å². The molecule has 1 saturated heterocycles. The molecule has 2 unspecified atom stereocenters. The number of nitrogens with zero attached hydrogens (tertiary/aromatic N) is 4. The smallest absolute Gasteiger partial charge is 0.335 e. The van der Waals surface area contributed by atoms with Gasteiger partial charge in [-0.15, -0.1) is 0 Å². The normalized spacial score (nSPS) is 14.7. The van der Waals surface area contributed by atoms with E-state index in [2.05, 4.69) is 74.1 Å². The van der Waals surface area contributed by atoms with Gasteiger partial charge in [0.2, 0.25) is 5.91 Å². The van der Waals surface area contributed by atoms with Gasteiger partial charge in [-0.1, -0.05) is 97.1 Å². The molecule has 1 fully saturated rings. The zero-order chi connectivity index (χ0) is 37.6. The number of fused-ring (bicyclic) bond motifs is 1. The Morgan fingerprint density at radius 2 is 1.28 bits per heavy atom. The molecule has 12 heteroatoms. The number of imidazole rings is 1. The van der Waals surface area contributed by atoms with Crippen LogP contribution in [0.25, 0.3) is 11.2 Å². The number of benzene rings is 4. The lowest BCUT2D eigenvalue weighted by molar-refractivity contribution is -0.133. The number of rotatable bonds is 10. The molecule has 7 rings (SSSR count). The molecule has 4 aromatic carbocycles. The predicted molar refractivity (Wildman–Crippen MR) is 202 cm³/mol. The van der Waals surface area contributed by atoms with Crippen molar-refractivity contribution in [2.24, 2.45) is 0 Å². The molecule has 4 N–H and O–H groups in total. The van der Waals surface area contributed by atoms with Crippen LogP contribution in [0, 0.1) is 6.92 Å². The average Bonchev–Trinajstić information content (AvgIpc) is 3.85. The number of anilines is 1. The van der Waals surface area contributed by atoms with Crippen molar-refractivity contribution in [2.45, 2.75) is 44.9 Å². The number of hydrogen-bond acceptors (Lipinski definition) is 8. The van der Waals surface area contributed by atoms with Gasteiger partial charge in [0.25, 0.3) is 0 Å². The summed E-state index contributed by atoms with van der Waals surface area (Å²) in [5.74, 6) is -0.329. The lowest BCUT2D eigenvalue weighted by Gasteiger charge is -2.19. The molecule has 272 valence electrons. The number of carbonyl (C=O) groups excluding carboxylic acids is 1. The van der Waals surface area contributed by atoms with Gasteiger partial charge >= 0.3 is 11.9 Å². The highest BCUT2D eigenvalue weighted by molar-refractivity contribution is 5.88. The first kappa shape index (κ1) is 37.8. The van der Waals surface area contributed by atoms with Crippen molar-refractivity contribution >= 4 is 34.8 Å². The van der Waals surface area contributed by atoms with Crippen molar-refractivity contribution in [3.63, 3.8) is 0 Å². The zero-order valence-corrected chi connectivity index (χ0v) is 29.5. The minimum absolute atomic E-state index is 0.0690. The van der Waals surface area contributed by atoms with Crippen LogP contribution >= 0.6 is 0 Å². The Kier molecular flexibility index (Phi) is 13.4. The molecule has 1 amide bonds. The molecule has 3 heterocycles. The Labute approximate surface area is 307 Å². The van der Waals surface area contributed by atoms with E-state index in [-0.39, 0.29) is 18.1 Å². The van der Waals surface area contributed by atoms with E-state index in [1.165, 1.54) is 11.1 Å². The van der Waals surface area contributed by atoms with Crippen molar-refractivity contribution in [3.05, 3.63) is 156 Å². The first-order valence-corrected chi connectivity index (χ1v) is 17.3. The molecule has 0 bridgehead atoms. The number of aromatic carboxylic acids is 2. The number of carboxylic acids is 2. The lowest BCUT2D eigenvalue weighted by atomic mass is 9.91. The SMILES string of the molecule is CCNC(=O)C1CCC(n2cnc3c(NCC(c4ccccc4)c4ccccc4)nc(C)nc32)O1.O=C(O)c1ccccc1.O=C(O)c1ccccc1. The molecule has 0 spiro atoms. The number of aryl methyl sites for hydroxylation is 1. The Morgan fingerprint density at radius 1 is 0.774 bits per heavy atom. The summed E-state index contributed by atoms with van der Waals surface area (Å²) in [7, 11) is 0. The van der Waals surface area contributed by atoms with E-state index >= 15 is 0 Å². The van der Waals surface area contributed by atoms with Crippen molar-refractivity contribution in [2.75, 3.05) is 18.4 Å². The predicted octanol–water partition coefficient (Wildman–Crippen LogP) is 6.96. The van der Waals surface area contributed by atoms with Crippen LogP contribution in [0.2, 0.25) is 0 Å². The summed E-state index contributed by atoms with van der Waals surface area (Å²) < 4.78 is 7.97. The van der Waals surface area contributed by atoms with Gasteiger partial charge in [-0.2, -0.15) is 0 Å². The van der Waals surface area contributed by atoms with Gasteiger partial charge < -0.3 is 25.6 Å². The van der Waals surface area contributed by atoms with E-state index in [4.69, 9.17) is 14.9 Å². The molecule has 6 aromatic rings. The maximum atomic E-state index is 12.2. The number of amides is 1. The van der Waals surface area contributed by atoms with Gasteiger partial charge in [-0.25, -0.2) is 24.5 Å². The van der Waals surface area contributed by atoms with E-state index in [1.807, 2.05) is 30.5 Å². The highest BCUT2D eigenvalue weighted by atomic mass is 16.5. The molecule has 0 saturated carbocycles. The first-order valence-electron chi connectivity index (χ1n) is 17.3. The third-order valence-corrected chi connectivity index (χ3v) is 8.40. The minimum Gasteiger partial charge on any atom is -0.478 e. The Morgan fingerprint density at radius 3 is 1.75 bits per heavy atom. The third kappa shape index (κ3) is 10.3. The summed E-state index contributed by atoms with van der Waals surface area (Å²) in [5.41, 5.74) is 4.53. The molecular weight excluding hydrogens is 672 g/mol. The second-order valence-electron chi connectivity index (χ2n) is 12.1. The quantitative estimate of drug-likeness (QED) is 0.116. The summed E-state index contributed by atoms with van der Waals surface area (Å²) in [6.45, 7) is 5.03. The van der Waals surface area contributed by atoms with Crippen molar-refractivity contribution in [1.29, 1.82) is 0 Å². The third-order valence-electron chi connectivity index (χ3n) is 8.40. The Hall–Kier alpha value is -6.40. The standard InChI is InChI=1S/C27H30N6O2.2C7H6O2/c1-3-28-27(34)22-14-15-23(35-22)33-17-30-24-25(31-18(2)32-26(24)33)29-16-21(19-10-6-4-7-11-19)20-12-8-5-9-13-20;2*8-7(9)6-4-2-1-3-5-6/h4-13,17,21-23H,3,14-16H2,1-2H3,(H,28,34)(H,29,31,32);2*1-5H,(H,8,9). The van der Waals surface area contributed by atoms with Crippen molar-refractivity contribution < 1.29 is 29.3 Å². The molecule has 1 aliphatic rings. The van der Waals surface area contributed by atoms with E-state index in [0.717, 1.165) is 6.42 Å². The highest BCUT2D eigenvalue weighted by Crippen LogP contribution is 2.32. The summed E-state index contributed by atoms with van der Waals surface area (Å²) in [5, 5.41) is 23.1. The number of aromatic nitrogens is 4. The maximum Gasteiger partial charge on any atom is 0.335 e. The van der Waals surface area contributed by atoms with Crippen molar-refractivity contribution in [3.8, 4) is 0 Å². The van der Waals surface area contributed by atoms with Crippen LogP contribution in [0.15, 0.2) is 128 Å². The fourth-order valence-corrected chi connectivity index (χ4v) is 5.82. The van der Waals surface area contributed by atoms with Gasteiger partial charge in [0.1, 0.15) is 18.2 Å². The molecule has 12 nitrogen and oxygen atoms in total. The van der Waals surface area contributed by atoms with Gasteiger partial charge in [-0.05, 0) is 62.1 Å². The summed E-state index contributed by atoms with van der Waals surface area (Å²) in [6.07, 6.45) is 2.40. The number of ether oxygens (including phenoxy) is 1. The first-order chi connectivity index (χ1) is 25.7. The fraction of sp³-hybridized carbons (Fsp3) is 0.220.